The van der Waals surface area contributed by atoms with E-state index in [0.29, 0.717) is 5.75 Å². The second kappa shape index (κ2) is 3.37. The minimum Gasteiger partial charge on any atom is -0.463 e. The van der Waals surface area contributed by atoms with Crippen LogP contribution in [0, 0.1) is 13.8 Å². The Morgan fingerprint density at radius 1 is 1.27 bits per heavy atom. The van der Waals surface area contributed by atoms with E-state index in [-0.39, 0.29) is 0 Å². The van der Waals surface area contributed by atoms with E-state index in [4.69, 9.17) is 0 Å². The maximum atomic E-state index is 11.7. The van der Waals surface area contributed by atoms with E-state index in [9.17, 15) is 4.39 Å². The van der Waals surface area contributed by atoms with Gasteiger partial charge in [0.1, 0.15) is 5.75 Å². The maximum Gasteiger partial charge on any atom is 0.228 e. The molecule has 0 radical (unpaired) electrons. The first-order valence-electron chi connectivity index (χ1n) is 3.50. The van der Waals surface area contributed by atoms with E-state index in [2.05, 4.69) is 4.74 Å². The van der Waals surface area contributed by atoms with Crippen LogP contribution in [-0.4, -0.2) is 6.86 Å². The topological polar surface area (TPSA) is 9.23 Å². The number of rotatable bonds is 2. The molecule has 0 unspecified atom stereocenters. The third-order valence-corrected chi connectivity index (χ3v) is 1.70. The van der Waals surface area contributed by atoms with Crippen LogP contribution in [0.25, 0.3) is 0 Å². The molecule has 60 valence electrons. The Labute approximate surface area is 65.8 Å². The highest BCUT2D eigenvalue weighted by Gasteiger charge is 1.95. The summed E-state index contributed by atoms with van der Waals surface area (Å²) in [7, 11) is 0. The molecule has 0 saturated carbocycles. The van der Waals surface area contributed by atoms with E-state index in [0.717, 1.165) is 5.56 Å². The van der Waals surface area contributed by atoms with Crippen molar-refractivity contribution in [2.24, 2.45) is 0 Å². The van der Waals surface area contributed by atoms with Gasteiger partial charge in [-0.05, 0) is 37.1 Å². The van der Waals surface area contributed by atoms with E-state index < -0.39 is 6.86 Å². The molecule has 1 aromatic rings. The van der Waals surface area contributed by atoms with Crippen molar-refractivity contribution in [3.8, 4) is 5.75 Å². The van der Waals surface area contributed by atoms with Crippen molar-refractivity contribution in [3.05, 3.63) is 29.3 Å². The molecule has 11 heavy (non-hydrogen) atoms. The Morgan fingerprint density at radius 2 is 2.00 bits per heavy atom. The summed E-state index contributed by atoms with van der Waals surface area (Å²) in [4.78, 5) is 0. The van der Waals surface area contributed by atoms with Gasteiger partial charge < -0.3 is 4.74 Å². The zero-order chi connectivity index (χ0) is 8.27. The first-order valence-corrected chi connectivity index (χ1v) is 3.50. The lowest BCUT2D eigenvalue weighted by atomic mass is 10.1. The molecule has 0 aromatic heterocycles. The van der Waals surface area contributed by atoms with Gasteiger partial charge in [-0.3, -0.25) is 0 Å². The summed E-state index contributed by atoms with van der Waals surface area (Å²) in [6.07, 6.45) is 0. The molecule has 1 aromatic carbocycles. The van der Waals surface area contributed by atoms with Gasteiger partial charge in [0.25, 0.3) is 0 Å². The summed E-state index contributed by atoms with van der Waals surface area (Å²) in [6, 6.07) is 5.51. The van der Waals surface area contributed by atoms with Crippen LogP contribution in [0.2, 0.25) is 0 Å². The normalized spacial score (nSPS) is 9.73. The predicted molar refractivity (Wildman–Crippen MR) is 42.5 cm³/mol. The zero-order valence-corrected chi connectivity index (χ0v) is 6.73. The Morgan fingerprint density at radius 3 is 2.55 bits per heavy atom. The lowest BCUT2D eigenvalue weighted by molar-refractivity contribution is 0.191. The first kappa shape index (κ1) is 8.05. The lowest BCUT2D eigenvalue weighted by Gasteiger charge is -2.03. The van der Waals surface area contributed by atoms with Crippen LogP contribution < -0.4 is 4.74 Å². The van der Waals surface area contributed by atoms with Crippen molar-refractivity contribution in [1.82, 2.24) is 0 Å². The molecule has 0 saturated heterocycles. The molecule has 2 heteroatoms. The molecule has 0 aliphatic rings. The van der Waals surface area contributed by atoms with Crippen molar-refractivity contribution in [3.63, 3.8) is 0 Å². The Balaban J connectivity index is 2.86. The average molecular weight is 154 g/mol. The first-order chi connectivity index (χ1) is 5.24. The lowest BCUT2D eigenvalue weighted by Crippen LogP contribution is -1.90. The van der Waals surface area contributed by atoms with Gasteiger partial charge in [-0.2, -0.15) is 0 Å². The fourth-order valence-corrected chi connectivity index (χ4v) is 0.867. The smallest absolute Gasteiger partial charge is 0.228 e. The number of hydrogen-bond acceptors (Lipinski definition) is 1. The van der Waals surface area contributed by atoms with Gasteiger partial charge in [0, 0.05) is 0 Å². The molecular formula is C9H11FO. The summed E-state index contributed by atoms with van der Waals surface area (Å²) in [5, 5.41) is 0. The summed E-state index contributed by atoms with van der Waals surface area (Å²) < 4.78 is 16.4. The highest BCUT2D eigenvalue weighted by molar-refractivity contribution is 5.33. The molecule has 1 rings (SSSR count). The fourth-order valence-electron chi connectivity index (χ4n) is 0.867. The summed E-state index contributed by atoms with van der Waals surface area (Å²) >= 11 is 0. The van der Waals surface area contributed by atoms with E-state index in [1.807, 2.05) is 26.0 Å². The Hall–Kier alpha value is -1.05. The number of aryl methyl sites for hydroxylation is 2. The molecule has 0 N–H and O–H groups in total. The van der Waals surface area contributed by atoms with E-state index in [1.54, 1.807) is 6.07 Å². The third kappa shape index (κ3) is 1.93. The van der Waals surface area contributed by atoms with E-state index in [1.165, 1.54) is 5.56 Å². The van der Waals surface area contributed by atoms with Gasteiger partial charge in [0.15, 0.2) is 0 Å². The Kier molecular flexibility index (Phi) is 2.47. The van der Waals surface area contributed by atoms with Crippen LogP contribution in [0.4, 0.5) is 4.39 Å². The van der Waals surface area contributed by atoms with Gasteiger partial charge in [-0.25, -0.2) is 4.39 Å². The van der Waals surface area contributed by atoms with Gasteiger partial charge in [0.05, 0.1) is 0 Å². The SMILES string of the molecule is Cc1ccc(OCF)cc1C. The van der Waals surface area contributed by atoms with Crippen molar-refractivity contribution >= 4 is 0 Å². The van der Waals surface area contributed by atoms with Gasteiger partial charge in [0.2, 0.25) is 6.86 Å². The number of benzene rings is 1. The summed E-state index contributed by atoms with van der Waals surface area (Å²) in [6.45, 7) is 3.22. The van der Waals surface area contributed by atoms with Crippen LogP contribution in [0.5, 0.6) is 5.75 Å². The zero-order valence-electron chi connectivity index (χ0n) is 6.73. The molecule has 0 atom stereocenters. The van der Waals surface area contributed by atoms with Crippen LogP contribution in [0.15, 0.2) is 18.2 Å². The Bertz CT molecular complexity index is 245. The van der Waals surface area contributed by atoms with Gasteiger partial charge >= 0.3 is 0 Å². The fraction of sp³-hybridized carbons (Fsp3) is 0.333. The van der Waals surface area contributed by atoms with E-state index >= 15 is 0 Å². The second-order valence-corrected chi connectivity index (χ2v) is 2.50. The van der Waals surface area contributed by atoms with Crippen molar-refractivity contribution in [2.45, 2.75) is 13.8 Å². The quantitative estimate of drug-likeness (QED) is 0.636. The van der Waals surface area contributed by atoms with Crippen molar-refractivity contribution < 1.29 is 9.13 Å². The maximum absolute atomic E-state index is 11.7. The standard InChI is InChI=1S/C9H11FO/c1-7-3-4-9(11-6-10)5-8(7)2/h3-5H,6H2,1-2H3. The van der Waals surface area contributed by atoms with Crippen molar-refractivity contribution in [1.29, 1.82) is 0 Å². The summed E-state index contributed by atoms with van der Waals surface area (Å²) in [5.41, 5.74) is 2.31. The van der Waals surface area contributed by atoms with Gasteiger partial charge in [-0.15, -0.1) is 0 Å². The van der Waals surface area contributed by atoms with Gasteiger partial charge in [-0.1, -0.05) is 6.07 Å². The van der Waals surface area contributed by atoms with Crippen LogP contribution >= 0.6 is 0 Å². The highest BCUT2D eigenvalue weighted by Crippen LogP contribution is 2.15. The predicted octanol–water partition coefficient (Wildman–Crippen LogP) is 2.61. The minimum atomic E-state index is -0.761. The monoisotopic (exact) mass is 154 g/mol. The molecule has 0 aliphatic carbocycles. The van der Waals surface area contributed by atoms with Crippen LogP contribution in [-0.2, 0) is 0 Å². The average Bonchev–Trinajstić information content (AvgIpc) is 1.98. The molecule has 0 fully saturated rings. The number of ether oxygens (including phenoxy) is 1. The number of alkyl halides is 1. The molecule has 0 heterocycles. The molecule has 0 bridgehead atoms. The number of hydrogen-bond donors (Lipinski definition) is 0. The molecule has 0 amide bonds. The molecule has 1 nitrogen and oxygen atoms in total. The minimum absolute atomic E-state index is 0.593. The number of halogens is 1. The largest absolute Gasteiger partial charge is 0.463 e. The molecule has 0 spiro atoms. The second-order valence-electron chi connectivity index (χ2n) is 2.50. The summed E-state index contributed by atoms with van der Waals surface area (Å²) in [5.74, 6) is 0.593. The third-order valence-electron chi connectivity index (χ3n) is 1.70. The molecule has 0 aliphatic heterocycles. The van der Waals surface area contributed by atoms with Crippen LogP contribution in [0.3, 0.4) is 0 Å². The van der Waals surface area contributed by atoms with Crippen LogP contribution in [0.1, 0.15) is 11.1 Å². The molecular weight excluding hydrogens is 143 g/mol. The highest BCUT2D eigenvalue weighted by atomic mass is 19.1. The van der Waals surface area contributed by atoms with Crippen molar-refractivity contribution in [2.75, 3.05) is 6.86 Å².